The van der Waals surface area contributed by atoms with Crippen LogP contribution in [0.3, 0.4) is 0 Å². The molecule has 4 heteroatoms. The second-order valence-corrected chi connectivity index (χ2v) is 5.93. The van der Waals surface area contributed by atoms with Crippen molar-refractivity contribution in [1.29, 1.82) is 0 Å². The molecule has 2 aliphatic heterocycles. The second kappa shape index (κ2) is 4.99. The Hall–Kier alpha value is -2.07. The van der Waals surface area contributed by atoms with Gasteiger partial charge in [-0.05, 0) is 31.0 Å². The molecule has 3 heterocycles. The molecule has 1 aromatic carbocycles. The van der Waals surface area contributed by atoms with E-state index in [2.05, 4.69) is 34.6 Å². The lowest BCUT2D eigenvalue weighted by molar-refractivity contribution is -0.134. The molecule has 0 fully saturated rings. The van der Waals surface area contributed by atoms with Gasteiger partial charge in [0.2, 0.25) is 0 Å². The quantitative estimate of drug-likeness (QED) is 0.799. The number of hydrogen-bond acceptors (Lipinski definition) is 3. The van der Waals surface area contributed by atoms with Crippen molar-refractivity contribution in [1.82, 2.24) is 9.47 Å². The molecule has 0 saturated carbocycles. The SMILES string of the molecule is CCN1CCc2c3n(c4ccccc24)C(C(=O)OC)=CC[C@@H]31. The van der Waals surface area contributed by atoms with Gasteiger partial charge in [0.25, 0.3) is 0 Å². The zero-order valence-corrected chi connectivity index (χ0v) is 13.0. The summed E-state index contributed by atoms with van der Waals surface area (Å²) in [6.07, 6.45) is 3.96. The minimum absolute atomic E-state index is 0.254. The number of para-hydroxylation sites is 1. The van der Waals surface area contributed by atoms with Crippen LogP contribution in [-0.2, 0) is 16.0 Å². The van der Waals surface area contributed by atoms with Gasteiger partial charge in [0.05, 0.1) is 18.7 Å². The van der Waals surface area contributed by atoms with E-state index in [1.165, 1.54) is 23.8 Å². The number of likely N-dealkylation sites (N-methyl/N-ethyl adjacent to an activating group) is 1. The van der Waals surface area contributed by atoms with Gasteiger partial charge in [0.1, 0.15) is 5.70 Å². The number of ether oxygens (including phenoxy) is 1. The largest absolute Gasteiger partial charge is 0.464 e. The Labute approximate surface area is 130 Å². The lowest BCUT2D eigenvalue weighted by Gasteiger charge is -2.38. The van der Waals surface area contributed by atoms with Crippen LogP contribution in [0.5, 0.6) is 0 Å². The molecule has 4 rings (SSSR count). The van der Waals surface area contributed by atoms with Gasteiger partial charge in [0, 0.05) is 17.6 Å². The normalized spacial score (nSPS) is 20.6. The number of esters is 1. The van der Waals surface area contributed by atoms with Crippen LogP contribution in [-0.4, -0.2) is 35.6 Å². The molecule has 0 N–H and O–H groups in total. The lowest BCUT2D eigenvalue weighted by Crippen LogP contribution is -2.37. The number of benzene rings is 1. The minimum atomic E-state index is -0.254. The van der Waals surface area contributed by atoms with E-state index in [-0.39, 0.29) is 5.97 Å². The van der Waals surface area contributed by atoms with Crippen LogP contribution < -0.4 is 0 Å². The molecule has 0 saturated heterocycles. The van der Waals surface area contributed by atoms with Crippen LogP contribution >= 0.6 is 0 Å². The third-order valence-corrected chi connectivity index (χ3v) is 5.00. The Morgan fingerprint density at radius 1 is 1.36 bits per heavy atom. The highest BCUT2D eigenvalue weighted by atomic mass is 16.5. The third-order valence-electron chi connectivity index (χ3n) is 5.00. The van der Waals surface area contributed by atoms with Crippen LogP contribution in [0.25, 0.3) is 16.6 Å². The van der Waals surface area contributed by atoms with Gasteiger partial charge >= 0.3 is 5.97 Å². The van der Waals surface area contributed by atoms with Gasteiger partial charge in [-0.1, -0.05) is 31.2 Å². The van der Waals surface area contributed by atoms with E-state index in [1.807, 2.05) is 12.1 Å². The number of nitrogens with zero attached hydrogens (tertiary/aromatic N) is 2. The molecule has 0 amide bonds. The Morgan fingerprint density at radius 3 is 2.95 bits per heavy atom. The molecule has 0 unspecified atom stereocenters. The van der Waals surface area contributed by atoms with Gasteiger partial charge in [-0.25, -0.2) is 4.79 Å². The first kappa shape index (κ1) is 13.6. The summed E-state index contributed by atoms with van der Waals surface area (Å²) in [4.78, 5) is 14.7. The molecule has 1 aromatic heterocycles. The van der Waals surface area contributed by atoms with E-state index in [0.29, 0.717) is 11.7 Å². The zero-order valence-electron chi connectivity index (χ0n) is 13.0. The molecule has 4 nitrogen and oxygen atoms in total. The molecular formula is C18H20N2O2. The summed E-state index contributed by atoms with van der Waals surface area (Å²) in [5.41, 5.74) is 4.47. The predicted octanol–water partition coefficient (Wildman–Crippen LogP) is 2.98. The summed E-state index contributed by atoms with van der Waals surface area (Å²) in [6, 6.07) is 8.75. The highest BCUT2D eigenvalue weighted by Gasteiger charge is 2.36. The average molecular weight is 296 g/mol. The van der Waals surface area contributed by atoms with Gasteiger partial charge in [-0.3, -0.25) is 4.90 Å². The Bertz CT molecular complexity index is 788. The summed E-state index contributed by atoms with van der Waals surface area (Å²) >= 11 is 0. The number of hydrogen-bond donors (Lipinski definition) is 0. The van der Waals surface area contributed by atoms with Crippen molar-refractivity contribution >= 4 is 22.6 Å². The first-order valence-electron chi connectivity index (χ1n) is 7.91. The lowest BCUT2D eigenvalue weighted by atomic mass is 9.93. The van der Waals surface area contributed by atoms with Crippen LogP contribution in [0.1, 0.15) is 30.6 Å². The maximum Gasteiger partial charge on any atom is 0.354 e. The van der Waals surface area contributed by atoms with Gasteiger partial charge in [-0.15, -0.1) is 0 Å². The summed E-state index contributed by atoms with van der Waals surface area (Å²) in [5, 5.41) is 1.27. The molecular weight excluding hydrogens is 276 g/mol. The maximum absolute atomic E-state index is 12.2. The van der Waals surface area contributed by atoms with Crippen molar-refractivity contribution in [3.05, 3.63) is 41.6 Å². The second-order valence-electron chi connectivity index (χ2n) is 5.93. The number of carbonyl (C=O) groups is 1. The topological polar surface area (TPSA) is 34.5 Å². The van der Waals surface area contributed by atoms with Crippen molar-refractivity contribution in [2.45, 2.75) is 25.8 Å². The highest BCUT2D eigenvalue weighted by Crippen LogP contribution is 2.43. The van der Waals surface area contributed by atoms with E-state index < -0.39 is 0 Å². The van der Waals surface area contributed by atoms with Crippen molar-refractivity contribution in [3.63, 3.8) is 0 Å². The van der Waals surface area contributed by atoms with Crippen molar-refractivity contribution in [2.24, 2.45) is 0 Å². The van der Waals surface area contributed by atoms with Gasteiger partial charge in [-0.2, -0.15) is 0 Å². The first-order valence-corrected chi connectivity index (χ1v) is 7.91. The number of aromatic nitrogens is 1. The molecule has 0 bridgehead atoms. The molecule has 2 aromatic rings. The van der Waals surface area contributed by atoms with Crippen molar-refractivity contribution in [3.8, 4) is 0 Å². The Kier molecular flexibility index (Phi) is 3.08. The Balaban J connectivity index is 2.03. The number of methoxy groups -OCH3 is 1. The summed E-state index contributed by atoms with van der Waals surface area (Å²) in [6.45, 7) is 4.33. The third kappa shape index (κ3) is 1.70. The monoisotopic (exact) mass is 296 g/mol. The number of fused-ring (bicyclic) bond motifs is 3. The highest BCUT2D eigenvalue weighted by molar-refractivity contribution is 6.13. The summed E-state index contributed by atoms with van der Waals surface area (Å²) in [7, 11) is 1.45. The van der Waals surface area contributed by atoms with E-state index in [4.69, 9.17) is 4.74 Å². The first-order chi connectivity index (χ1) is 10.8. The number of rotatable bonds is 2. The fourth-order valence-corrected chi connectivity index (χ4v) is 4.02. The molecule has 2 aliphatic rings. The van der Waals surface area contributed by atoms with Crippen LogP contribution in [0.2, 0.25) is 0 Å². The summed E-state index contributed by atoms with van der Waals surface area (Å²) < 4.78 is 7.13. The standard InChI is InChI=1S/C18H20N2O2/c1-3-19-11-10-13-12-6-4-5-7-14(12)20-16(18(21)22-2)9-8-15(19)17(13)20/h4-7,9,15H,3,8,10-11H2,1-2H3/t15-/m0/s1. The van der Waals surface area contributed by atoms with Crippen LogP contribution in [0, 0.1) is 0 Å². The van der Waals surface area contributed by atoms with Gasteiger partial charge < -0.3 is 9.30 Å². The van der Waals surface area contributed by atoms with E-state index >= 15 is 0 Å². The average Bonchev–Trinajstić information content (AvgIpc) is 2.91. The van der Waals surface area contributed by atoms with E-state index in [1.54, 1.807) is 0 Å². The number of carbonyl (C=O) groups excluding carboxylic acids is 1. The van der Waals surface area contributed by atoms with Gasteiger partial charge in [0.15, 0.2) is 0 Å². The van der Waals surface area contributed by atoms with E-state index in [9.17, 15) is 4.79 Å². The zero-order chi connectivity index (χ0) is 15.3. The van der Waals surface area contributed by atoms with Crippen molar-refractivity contribution < 1.29 is 9.53 Å². The molecule has 0 aliphatic carbocycles. The van der Waals surface area contributed by atoms with Crippen molar-refractivity contribution in [2.75, 3.05) is 20.2 Å². The molecule has 114 valence electrons. The smallest absolute Gasteiger partial charge is 0.354 e. The molecule has 22 heavy (non-hydrogen) atoms. The minimum Gasteiger partial charge on any atom is -0.464 e. The molecule has 0 spiro atoms. The maximum atomic E-state index is 12.2. The Morgan fingerprint density at radius 2 is 2.18 bits per heavy atom. The van der Waals surface area contributed by atoms with E-state index in [0.717, 1.165) is 31.4 Å². The van der Waals surface area contributed by atoms with Crippen LogP contribution in [0.4, 0.5) is 0 Å². The predicted molar refractivity (Wildman–Crippen MR) is 86.5 cm³/mol. The molecule has 1 atom stereocenters. The fourth-order valence-electron chi connectivity index (χ4n) is 4.02. The van der Waals surface area contributed by atoms with Crippen LogP contribution in [0.15, 0.2) is 30.3 Å². The fraction of sp³-hybridized carbons (Fsp3) is 0.389. The summed E-state index contributed by atoms with van der Waals surface area (Å²) in [5.74, 6) is -0.254. The molecule has 0 radical (unpaired) electrons.